The molecule has 0 bridgehead atoms. The van der Waals surface area contributed by atoms with Crippen LogP contribution in [0.4, 0.5) is 0 Å². The van der Waals surface area contributed by atoms with Crippen LogP contribution in [0.2, 0.25) is 0 Å². The van der Waals surface area contributed by atoms with Crippen molar-refractivity contribution >= 4 is 10.9 Å². The summed E-state index contributed by atoms with van der Waals surface area (Å²) in [5.74, 6) is 0.746. The van der Waals surface area contributed by atoms with Crippen molar-refractivity contribution in [3.05, 3.63) is 40.2 Å². The number of nitrogens with one attached hydrogen (secondary N) is 1. The van der Waals surface area contributed by atoms with Gasteiger partial charge >= 0.3 is 0 Å². The molecule has 1 atom stereocenters. The van der Waals surface area contributed by atoms with E-state index in [9.17, 15) is 4.79 Å². The standard InChI is InChI=1S/C19H26N2O3/c1-21(9-8-16-5-3-4-10-24-16)13-15-11-14-6-7-17(23-2)12-18(14)20-19(15)22/h6-7,11-12,16H,3-5,8-10,13H2,1-2H3,(H,20,22). The monoisotopic (exact) mass is 330 g/mol. The number of hydrogen-bond acceptors (Lipinski definition) is 4. The molecule has 0 saturated carbocycles. The third kappa shape index (κ3) is 4.16. The molecule has 0 radical (unpaired) electrons. The number of nitrogens with zero attached hydrogens (tertiary/aromatic N) is 1. The van der Waals surface area contributed by atoms with Gasteiger partial charge in [0.25, 0.3) is 5.56 Å². The molecule has 1 aliphatic heterocycles. The van der Waals surface area contributed by atoms with Crippen LogP contribution in [0.5, 0.6) is 5.75 Å². The number of ether oxygens (including phenoxy) is 2. The second kappa shape index (κ2) is 7.81. The highest BCUT2D eigenvalue weighted by Gasteiger charge is 2.15. The molecule has 0 amide bonds. The number of benzene rings is 1. The number of methoxy groups -OCH3 is 1. The van der Waals surface area contributed by atoms with Gasteiger partial charge < -0.3 is 19.4 Å². The molecule has 2 aromatic rings. The Labute approximate surface area is 142 Å². The van der Waals surface area contributed by atoms with E-state index in [0.29, 0.717) is 12.6 Å². The van der Waals surface area contributed by atoms with Crippen LogP contribution < -0.4 is 10.3 Å². The Hall–Kier alpha value is -1.85. The molecule has 2 heterocycles. The first-order valence-electron chi connectivity index (χ1n) is 8.66. The highest BCUT2D eigenvalue weighted by Crippen LogP contribution is 2.19. The fourth-order valence-corrected chi connectivity index (χ4v) is 3.24. The van der Waals surface area contributed by atoms with E-state index in [2.05, 4.69) is 16.9 Å². The molecule has 0 spiro atoms. The van der Waals surface area contributed by atoms with Gasteiger partial charge in [-0.1, -0.05) is 0 Å². The van der Waals surface area contributed by atoms with E-state index < -0.39 is 0 Å². The first-order chi connectivity index (χ1) is 11.7. The predicted molar refractivity (Wildman–Crippen MR) is 95.7 cm³/mol. The highest BCUT2D eigenvalue weighted by molar-refractivity contribution is 5.80. The van der Waals surface area contributed by atoms with Crippen LogP contribution in [0.15, 0.2) is 29.1 Å². The molecule has 1 aromatic carbocycles. The van der Waals surface area contributed by atoms with Crippen molar-refractivity contribution in [2.75, 3.05) is 27.3 Å². The number of aromatic nitrogens is 1. The molecule has 1 saturated heterocycles. The minimum Gasteiger partial charge on any atom is -0.497 e. The smallest absolute Gasteiger partial charge is 0.252 e. The van der Waals surface area contributed by atoms with E-state index in [4.69, 9.17) is 9.47 Å². The quantitative estimate of drug-likeness (QED) is 0.885. The second-order valence-corrected chi connectivity index (χ2v) is 6.59. The van der Waals surface area contributed by atoms with Crippen LogP contribution in [0.25, 0.3) is 10.9 Å². The maximum absolute atomic E-state index is 12.3. The number of fused-ring (bicyclic) bond motifs is 1. The van der Waals surface area contributed by atoms with Gasteiger partial charge in [0.1, 0.15) is 5.75 Å². The fraction of sp³-hybridized carbons (Fsp3) is 0.526. The zero-order valence-corrected chi connectivity index (χ0v) is 14.5. The number of rotatable bonds is 6. The number of hydrogen-bond donors (Lipinski definition) is 1. The number of pyridine rings is 1. The summed E-state index contributed by atoms with van der Waals surface area (Å²) < 4.78 is 11.0. The zero-order chi connectivity index (χ0) is 16.9. The van der Waals surface area contributed by atoms with Gasteiger partial charge in [0, 0.05) is 31.3 Å². The third-order valence-corrected chi connectivity index (χ3v) is 4.68. The van der Waals surface area contributed by atoms with Crippen molar-refractivity contribution in [3.8, 4) is 5.75 Å². The van der Waals surface area contributed by atoms with E-state index in [-0.39, 0.29) is 5.56 Å². The fourth-order valence-electron chi connectivity index (χ4n) is 3.24. The Morgan fingerprint density at radius 3 is 2.96 bits per heavy atom. The third-order valence-electron chi connectivity index (χ3n) is 4.68. The van der Waals surface area contributed by atoms with Gasteiger partial charge in [-0.25, -0.2) is 0 Å². The summed E-state index contributed by atoms with van der Waals surface area (Å²) in [7, 11) is 3.68. The van der Waals surface area contributed by atoms with Gasteiger partial charge in [-0.2, -0.15) is 0 Å². The van der Waals surface area contributed by atoms with Gasteiger partial charge in [0.15, 0.2) is 0 Å². The van der Waals surface area contributed by atoms with Crippen molar-refractivity contribution in [1.82, 2.24) is 9.88 Å². The van der Waals surface area contributed by atoms with E-state index >= 15 is 0 Å². The summed E-state index contributed by atoms with van der Waals surface area (Å²) >= 11 is 0. The van der Waals surface area contributed by atoms with Crippen LogP contribution in [0.1, 0.15) is 31.2 Å². The van der Waals surface area contributed by atoms with Gasteiger partial charge in [0.2, 0.25) is 0 Å². The Morgan fingerprint density at radius 2 is 2.21 bits per heavy atom. The van der Waals surface area contributed by atoms with Gasteiger partial charge in [0.05, 0.1) is 18.7 Å². The molecule has 1 aromatic heterocycles. The van der Waals surface area contributed by atoms with Gasteiger partial charge in [-0.15, -0.1) is 0 Å². The van der Waals surface area contributed by atoms with Crippen LogP contribution in [-0.4, -0.2) is 43.3 Å². The lowest BCUT2D eigenvalue weighted by Crippen LogP contribution is -2.28. The Morgan fingerprint density at radius 1 is 1.33 bits per heavy atom. The van der Waals surface area contributed by atoms with E-state index in [0.717, 1.165) is 48.2 Å². The SMILES string of the molecule is COc1ccc2cc(CN(C)CCC3CCCCO3)c(=O)[nH]c2c1. The van der Waals surface area contributed by atoms with Crippen LogP contribution in [0.3, 0.4) is 0 Å². The molecule has 130 valence electrons. The van der Waals surface area contributed by atoms with Crippen molar-refractivity contribution in [2.24, 2.45) is 0 Å². The average molecular weight is 330 g/mol. The summed E-state index contributed by atoms with van der Waals surface area (Å²) in [4.78, 5) is 17.5. The van der Waals surface area contributed by atoms with Gasteiger partial charge in [-0.05, 0) is 56.3 Å². The van der Waals surface area contributed by atoms with Crippen LogP contribution >= 0.6 is 0 Å². The molecule has 1 unspecified atom stereocenters. The largest absolute Gasteiger partial charge is 0.497 e. The first kappa shape index (κ1) is 17.0. The zero-order valence-electron chi connectivity index (χ0n) is 14.5. The summed E-state index contributed by atoms with van der Waals surface area (Å²) in [6.07, 6.45) is 5.01. The summed E-state index contributed by atoms with van der Waals surface area (Å²) in [6.45, 7) is 2.47. The molecule has 1 N–H and O–H groups in total. The Bertz CT molecular complexity index is 735. The second-order valence-electron chi connectivity index (χ2n) is 6.59. The highest BCUT2D eigenvalue weighted by atomic mass is 16.5. The Balaban J connectivity index is 1.65. The maximum atomic E-state index is 12.3. The van der Waals surface area contributed by atoms with Crippen molar-refractivity contribution in [2.45, 2.75) is 38.3 Å². The van der Waals surface area contributed by atoms with E-state index in [1.165, 1.54) is 12.8 Å². The summed E-state index contributed by atoms with van der Waals surface area (Å²) in [5, 5.41) is 1.02. The van der Waals surface area contributed by atoms with E-state index in [1.807, 2.05) is 24.3 Å². The lowest BCUT2D eigenvalue weighted by atomic mass is 10.1. The average Bonchev–Trinajstić information content (AvgIpc) is 2.61. The van der Waals surface area contributed by atoms with E-state index in [1.54, 1.807) is 7.11 Å². The summed E-state index contributed by atoms with van der Waals surface area (Å²) in [6, 6.07) is 7.71. The number of aromatic amines is 1. The molecule has 5 nitrogen and oxygen atoms in total. The maximum Gasteiger partial charge on any atom is 0.252 e. The molecular formula is C19H26N2O3. The molecule has 1 fully saturated rings. The molecule has 0 aliphatic carbocycles. The van der Waals surface area contributed by atoms with Crippen molar-refractivity contribution in [1.29, 1.82) is 0 Å². The molecular weight excluding hydrogens is 304 g/mol. The minimum absolute atomic E-state index is 0.0310. The van der Waals surface area contributed by atoms with Crippen molar-refractivity contribution in [3.63, 3.8) is 0 Å². The van der Waals surface area contributed by atoms with Crippen LogP contribution in [-0.2, 0) is 11.3 Å². The molecule has 24 heavy (non-hydrogen) atoms. The normalized spacial score (nSPS) is 18.2. The molecule has 1 aliphatic rings. The minimum atomic E-state index is -0.0310. The lowest BCUT2D eigenvalue weighted by Gasteiger charge is -2.25. The molecule has 3 rings (SSSR count). The Kier molecular flexibility index (Phi) is 5.53. The van der Waals surface area contributed by atoms with Crippen molar-refractivity contribution < 1.29 is 9.47 Å². The predicted octanol–water partition coefficient (Wildman–Crippen LogP) is 2.93. The molecule has 5 heteroatoms. The van der Waals surface area contributed by atoms with Gasteiger partial charge in [-0.3, -0.25) is 4.79 Å². The lowest BCUT2D eigenvalue weighted by molar-refractivity contribution is 0.00639. The topological polar surface area (TPSA) is 54.6 Å². The van der Waals surface area contributed by atoms with Crippen LogP contribution in [0, 0.1) is 0 Å². The number of H-pyrrole nitrogens is 1. The first-order valence-corrected chi connectivity index (χ1v) is 8.66. The summed E-state index contributed by atoms with van der Waals surface area (Å²) in [5.41, 5.74) is 1.57.